The summed E-state index contributed by atoms with van der Waals surface area (Å²) in [4.78, 5) is 31.3. The Bertz CT molecular complexity index is 1170. The average molecular weight is 427 g/mol. The molecule has 3 aromatic rings. The maximum absolute atomic E-state index is 14.3. The summed E-state index contributed by atoms with van der Waals surface area (Å²) >= 11 is 0. The van der Waals surface area contributed by atoms with Crippen LogP contribution < -0.4 is 20.9 Å². The van der Waals surface area contributed by atoms with E-state index in [9.17, 15) is 9.18 Å². The van der Waals surface area contributed by atoms with Gasteiger partial charge in [0.05, 0.1) is 18.8 Å². The molecule has 0 aliphatic carbocycles. The van der Waals surface area contributed by atoms with Crippen LogP contribution in [0.4, 0.5) is 10.3 Å². The SMILES string of the molecule is COc1ncc(-c2nc3c(C)nc(NC(C)C)nc3n(C3CCCNC3)c2=O)cc1F. The molecular weight excluding hydrogens is 401 g/mol. The number of pyridine rings is 1. The van der Waals surface area contributed by atoms with Crippen molar-refractivity contribution in [3.05, 3.63) is 34.1 Å². The Hall–Kier alpha value is -3.14. The zero-order valence-corrected chi connectivity index (χ0v) is 18.1. The first-order valence-corrected chi connectivity index (χ1v) is 10.4. The normalized spacial score (nSPS) is 16.6. The predicted octanol–water partition coefficient (Wildman–Crippen LogP) is 2.45. The summed E-state index contributed by atoms with van der Waals surface area (Å²) in [6, 6.07) is 1.26. The fraction of sp³-hybridized carbons (Fsp3) is 0.476. The first-order valence-electron chi connectivity index (χ1n) is 10.4. The Morgan fingerprint density at radius 3 is 2.77 bits per heavy atom. The molecule has 0 spiro atoms. The van der Waals surface area contributed by atoms with Crippen molar-refractivity contribution in [1.29, 1.82) is 0 Å². The molecule has 3 aromatic heterocycles. The minimum atomic E-state index is -0.656. The van der Waals surface area contributed by atoms with E-state index in [2.05, 4.69) is 30.6 Å². The lowest BCUT2D eigenvalue weighted by Gasteiger charge is -2.26. The molecule has 1 saturated heterocycles. The number of halogens is 1. The fourth-order valence-electron chi connectivity index (χ4n) is 3.83. The van der Waals surface area contributed by atoms with E-state index in [4.69, 9.17) is 4.74 Å². The van der Waals surface area contributed by atoms with Crippen LogP contribution in [-0.2, 0) is 0 Å². The molecule has 4 rings (SSSR count). The van der Waals surface area contributed by atoms with Crippen molar-refractivity contribution in [2.75, 3.05) is 25.5 Å². The third-order valence-electron chi connectivity index (χ3n) is 5.24. The monoisotopic (exact) mass is 427 g/mol. The van der Waals surface area contributed by atoms with Gasteiger partial charge < -0.3 is 15.4 Å². The van der Waals surface area contributed by atoms with E-state index in [1.165, 1.54) is 19.4 Å². The second-order valence-electron chi connectivity index (χ2n) is 7.95. The molecule has 9 nitrogen and oxygen atoms in total. The minimum absolute atomic E-state index is 0.0947. The van der Waals surface area contributed by atoms with Gasteiger partial charge in [-0.25, -0.2) is 19.3 Å². The van der Waals surface area contributed by atoms with E-state index in [-0.39, 0.29) is 34.8 Å². The standard InChI is InChI=1S/C21H26FN7O2/c1-11(2)25-21-26-12(3)16-18(28-21)29(14-6-5-7-23-10-14)20(30)17(27-16)13-8-15(22)19(31-4)24-9-13/h8-9,11,14,23H,5-7,10H2,1-4H3,(H,25,26,28). The Morgan fingerprint density at radius 2 is 2.13 bits per heavy atom. The highest BCUT2D eigenvalue weighted by molar-refractivity contribution is 5.77. The van der Waals surface area contributed by atoms with Gasteiger partial charge in [-0.05, 0) is 46.2 Å². The summed E-state index contributed by atoms with van der Waals surface area (Å²) in [5, 5.41) is 6.54. The number of methoxy groups -OCH3 is 1. The first kappa shape index (κ1) is 21.1. The van der Waals surface area contributed by atoms with Gasteiger partial charge in [0.25, 0.3) is 5.56 Å². The van der Waals surface area contributed by atoms with Gasteiger partial charge in [-0.3, -0.25) is 9.36 Å². The van der Waals surface area contributed by atoms with Crippen molar-refractivity contribution in [3.63, 3.8) is 0 Å². The van der Waals surface area contributed by atoms with Gasteiger partial charge in [0.15, 0.2) is 11.5 Å². The summed E-state index contributed by atoms with van der Waals surface area (Å²) in [7, 11) is 1.34. The smallest absolute Gasteiger partial charge is 0.279 e. The lowest BCUT2D eigenvalue weighted by Crippen LogP contribution is -2.38. The number of piperidine rings is 1. The molecule has 1 aliphatic rings. The third kappa shape index (κ3) is 4.07. The first-order chi connectivity index (χ1) is 14.9. The van der Waals surface area contributed by atoms with E-state index in [0.29, 0.717) is 29.4 Å². The highest BCUT2D eigenvalue weighted by atomic mass is 19.1. The number of aromatic nitrogens is 5. The molecule has 2 N–H and O–H groups in total. The highest BCUT2D eigenvalue weighted by Gasteiger charge is 2.24. The Kier molecular flexibility index (Phi) is 5.81. The molecule has 164 valence electrons. The van der Waals surface area contributed by atoms with Crippen LogP contribution in [0.3, 0.4) is 0 Å². The number of rotatable bonds is 5. The van der Waals surface area contributed by atoms with Crippen LogP contribution >= 0.6 is 0 Å². The molecule has 0 saturated carbocycles. The zero-order chi connectivity index (χ0) is 22.1. The lowest BCUT2D eigenvalue weighted by atomic mass is 10.1. The molecule has 1 aliphatic heterocycles. The molecule has 10 heteroatoms. The van der Waals surface area contributed by atoms with E-state index in [1.54, 1.807) is 4.57 Å². The number of nitrogens with zero attached hydrogens (tertiary/aromatic N) is 5. The van der Waals surface area contributed by atoms with Crippen molar-refractivity contribution >= 4 is 17.1 Å². The summed E-state index contributed by atoms with van der Waals surface area (Å²) in [6.07, 6.45) is 3.17. The van der Waals surface area contributed by atoms with E-state index in [0.717, 1.165) is 19.4 Å². The fourth-order valence-corrected chi connectivity index (χ4v) is 3.83. The second kappa shape index (κ2) is 8.54. The van der Waals surface area contributed by atoms with E-state index in [1.807, 2.05) is 20.8 Å². The van der Waals surface area contributed by atoms with Crippen molar-refractivity contribution in [3.8, 4) is 17.1 Å². The predicted molar refractivity (Wildman–Crippen MR) is 116 cm³/mol. The molecule has 0 radical (unpaired) electrons. The van der Waals surface area contributed by atoms with Gasteiger partial charge in [-0.1, -0.05) is 0 Å². The number of aryl methyl sites for hydroxylation is 1. The number of hydrogen-bond acceptors (Lipinski definition) is 8. The van der Waals surface area contributed by atoms with Gasteiger partial charge in [-0.2, -0.15) is 4.98 Å². The second-order valence-corrected chi connectivity index (χ2v) is 7.95. The minimum Gasteiger partial charge on any atom is -0.479 e. The number of ether oxygens (including phenoxy) is 1. The van der Waals surface area contributed by atoms with Crippen LogP contribution in [0.25, 0.3) is 22.4 Å². The van der Waals surface area contributed by atoms with Crippen LogP contribution in [0.1, 0.15) is 38.4 Å². The average Bonchev–Trinajstić information content (AvgIpc) is 2.73. The molecule has 4 heterocycles. The van der Waals surface area contributed by atoms with Gasteiger partial charge >= 0.3 is 0 Å². The Morgan fingerprint density at radius 1 is 1.32 bits per heavy atom. The summed E-state index contributed by atoms with van der Waals surface area (Å²) in [5.74, 6) is -0.342. The van der Waals surface area contributed by atoms with Gasteiger partial charge in [-0.15, -0.1) is 0 Å². The summed E-state index contributed by atoms with van der Waals surface area (Å²) in [5.41, 5.74) is 1.68. The summed E-state index contributed by atoms with van der Waals surface area (Å²) in [6.45, 7) is 7.36. The van der Waals surface area contributed by atoms with E-state index < -0.39 is 5.82 Å². The number of nitrogens with one attached hydrogen (secondary N) is 2. The molecule has 1 fully saturated rings. The Balaban J connectivity index is 1.98. The zero-order valence-electron chi connectivity index (χ0n) is 18.1. The third-order valence-corrected chi connectivity index (χ3v) is 5.24. The Labute approximate surface area is 179 Å². The van der Waals surface area contributed by atoms with Crippen LogP contribution in [0.2, 0.25) is 0 Å². The molecule has 0 aromatic carbocycles. The van der Waals surface area contributed by atoms with Crippen LogP contribution in [-0.4, -0.2) is 50.7 Å². The topological polar surface area (TPSA) is 107 Å². The van der Waals surface area contributed by atoms with Gasteiger partial charge in [0, 0.05) is 24.3 Å². The quantitative estimate of drug-likeness (QED) is 0.640. The van der Waals surface area contributed by atoms with Crippen molar-refractivity contribution < 1.29 is 9.13 Å². The van der Waals surface area contributed by atoms with Crippen molar-refractivity contribution in [2.45, 2.75) is 45.7 Å². The van der Waals surface area contributed by atoms with Gasteiger partial charge in [0.2, 0.25) is 11.8 Å². The van der Waals surface area contributed by atoms with Gasteiger partial charge in [0.1, 0.15) is 11.2 Å². The number of hydrogen-bond donors (Lipinski definition) is 2. The number of fused-ring (bicyclic) bond motifs is 1. The van der Waals surface area contributed by atoms with Crippen molar-refractivity contribution in [1.82, 2.24) is 29.8 Å². The van der Waals surface area contributed by atoms with Crippen LogP contribution in [0.5, 0.6) is 5.88 Å². The number of anilines is 1. The lowest BCUT2D eigenvalue weighted by molar-refractivity contribution is 0.368. The molecule has 1 atom stereocenters. The van der Waals surface area contributed by atoms with E-state index >= 15 is 0 Å². The molecule has 1 unspecified atom stereocenters. The molecule has 0 amide bonds. The highest BCUT2D eigenvalue weighted by Crippen LogP contribution is 2.26. The molecule has 0 bridgehead atoms. The van der Waals surface area contributed by atoms with Crippen LogP contribution in [0, 0.1) is 12.7 Å². The maximum Gasteiger partial charge on any atom is 0.279 e. The largest absolute Gasteiger partial charge is 0.479 e. The maximum atomic E-state index is 14.3. The molecule has 31 heavy (non-hydrogen) atoms. The van der Waals surface area contributed by atoms with Crippen molar-refractivity contribution in [2.24, 2.45) is 0 Å². The van der Waals surface area contributed by atoms with Crippen LogP contribution in [0.15, 0.2) is 17.1 Å². The molecular formula is C21H26FN7O2. The summed E-state index contributed by atoms with van der Waals surface area (Å²) < 4.78 is 20.9.